The van der Waals surface area contributed by atoms with Crippen molar-refractivity contribution in [3.05, 3.63) is 25.3 Å². The van der Waals surface area contributed by atoms with Gasteiger partial charge in [0, 0.05) is 19.0 Å². The van der Waals surface area contributed by atoms with E-state index < -0.39 is 0 Å². The van der Waals surface area contributed by atoms with Crippen molar-refractivity contribution in [3.63, 3.8) is 0 Å². The molecule has 84 valence electrons. The predicted octanol–water partition coefficient (Wildman–Crippen LogP) is 2.77. The molecule has 2 nitrogen and oxygen atoms in total. The summed E-state index contributed by atoms with van der Waals surface area (Å²) in [5.74, 6) is 0.895. The molecule has 0 aliphatic carbocycles. The fourth-order valence-electron chi connectivity index (χ4n) is 2.43. The number of hydrogen-bond acceptors (Lipinski definition) is 1. The summed E-state index contributed by atoms with van der Waals surface area (Å²) in [4.78, 5) is 13.7. The highest BCUT2D eigenvalue weighted by molar-refractivity contribution is 5.77. The van der Waals surface area contributed by atoms with Crippen LogP contribution in [0.15, 0.2) is 25.3 Å². The molecule has 1 aliphatic heterocycles. The second-order valence-corrected chi connectivity index (χ2v) is 4.13. The van der Waals surface area contributed by atoms with Gasteiger partial charge >= 0.3 is 0 Å². The Morgan fingerprint density at radius 1 is 1.47 bits per heavy atom. The number of amides is 1. The summed E-state index contributed by atoms with van der Waals surface area (Å²) in [5.41, 5.74) is 0. The Balaban J connectivity index is 2.78. The molecular formula is C13H21NO. The topological polar surface area (TPSA) is 20.3 Å². The van der Waals surface area contributed by atoms with Crippen LogP contribution in [0.4, 0.5) is 0 Å². The molecule has 0 spiro atoms. The highest BCUT2D eigenvalue weighted by atomic mass is 16.2. The smallest absolute Gasteiger partial charge is 0.223 e. The number of nitrogens with zero attached hydrogens (tertiary/aromatic N) is 1. The third-order valence-electron chi connectivity index (χ3n) is 3.25. The van der Waals surface area contributed by atoms with Gasteiger partial charge in [0.05, 0.1) is 0 Å². The molecule has 2 heteroatoms. The van der Waals surface area contributed by atoms with Gasteiger partial charge in [-0.2, -0.15) is 0 Å². The minimum atomic E-state index is 0.270. The number of likely N-dealkylation sites (tertiary alicyclic amines) is 1. The van der Waals surface area contributed by atoms with Gasteiger partial charge in [-0.25, -0.2) is 0 Å². The van der Waals surface area contributed by atoms with Crippen molar-refractivity contribution < 1.29 is 4.79 Å². The second-order valence-electron chi connectivity index (χ2n) is 4.13. The summed E-state index contributed by atoms with van der Waals surface area (Å²) in [6.07, 6.45) is 7.49. The van der Waals surface area contributed by atoms with Gasteiger partial charge in [0.15, 0.2) is 0 Å². The van der Waals surface area contributed by atoms with E-state index in [4.69, 9.17) is 0 Å². The van der Waals surface area contributed by atoms with Crippen LogP contribution in [0, 0.1) is 5.92 Å². The molecule has 1 saturated heterocycles. The monoisotopic (exact) mass is 207 g/mol. The fourth-order valence-corrected chi connectivity index (χ4v) is 2.43. The Kier molecular flexibility index (Phi) is 4.60. The van der Waals surface area contributed by atoms with Crippen molar-refractivity contribution in [1.29, 1.82) is 0 Å². The van der Waals surface area contributed by atoms with Crippen molar-refractivity contribution in [2.75, 3.05) is 6.54 Å². The van der Waals surface area contributed by atoms with E-state index >= 15 is 0 Å². The van der Waals surface area contributed by atoms with Crippen LogP contribution in [0.3, 0.4) is 0 Å². The first-order valence-corrected chi connectivity index (χ1v) is 5.75. The summed E-state index contributed by atoms with van der Waals surface area (Å²) < 4.78 is 0. The molecule has 1 amide bonds. The van der Waals surface area contributed by atoms with Crippen molar-refractivity contribution in [2.24, 2.45) is 5.92 Å². The number of piperidine rings is 1. The third kappa shape index (κ3) is 2.71. The zero-order valence-electron chi connectivity index (χ0n) is 9.61. The largest absolute Gasteiger partial charge is 0.335 e. The van der Waals surface area contributed by atoms with Crippen molar-refractivity contribution >= 4 is 5.91 Å². The van der Waals surface area contributed by atoms with Gasteiger partial charge in [-0.1, -0.05) is 25.5 Å². The van der Waals surface area contributed by atoms with Gasteiger partial charge in [0.25, 0.3) is 0 Å². The molecule has 0 N–H and O–H groups in total. The van der Waals surface area contributed by atoms with E-state index in [-0.39, 0.29) is 5.91 Å². The van der Waals surface area contributed by atoms with E-state index in [2.05, 4.69) is 20.1 Å². The summed E-state index contributed by atoms with van der Waals surface area (Å²) >= 11 is 0. The highest BCUT2D eigenvalue weighted by Crippen LogP contribution is 2.29. The van der Waals surface area contributed by atoms with Gasteiger partial charge in [0.1, 0.15) is 0 Å². The standard InChI is InChI=1S/C13H21NO/c1-4-7-12-11(6-3)8-9-13(15)14(12)10-5-2/h4-5,11-12H,1-2,6-10H2,3H3/t11-,12-/m0/s1. The summed E-state index contributed by atoms with van der Waals surface area (Å²) in [6.45, 7) is 10.4. The maximum Gasteiger partial charge on any atom is 0.223 e. The van der Waals surface area contributed by atoms with Crippen LogP contribution in [0.5, 0.6) is 0 Å². The summed E-state index contributed by atoms with van der Waals surface area (Å²) in [7, 11) is 0. The van der Waals surface area contributed by atoms with Crippen LogP contribution in [-0.4, -0.2) is 23.4 Å². The Morgan fingerprint density at radius 3 is 2.73 bits per heavy atom. The Morgan fingerprint density at radius 2 is 2.20 bits per heavy atom. The van der Waals surface area contributed by atoms with Gasteiger partial charge in [0.2, 0.25) is 5.91 Å². The maximum absolute atomic E-state index is 11.8. The van der Waals surface area contributed by atoms with Crippen molar-refractivity contribution in [2.45, 2.75) is 38.6 Å². The first kappa shape index (κ1) is 12.0. The van der Waals surface area contributed by atoms with E-state index in [0.717, 1.165) is 19.3 Å². The van der Waals surface area contributed by atoms with E-state index in [9.17, 15) is 4.79 Å². The molecule has 15 heavy (non-hydrogen) atoms. The molecule has 1 rings (SSSR count). The first-order valence-electron chi connectivity index (χ1n) is 5.75. The quantitative estimate of drug-likeness (QED) is 0.635. The molecule has 1 aliphatic rings. The average molecular weight is 207 g/mol. The molecule has 1 heterocycles. The molecule has 0 unspecified atom stereocenters. The lowest BCUT2D eigenvalue weighted by Gasteiger charge is -2.40. The van der Waals surface area contributed by atoms with E-state index in [1.807, 2.05) is 17.1 Å². The average Bonchev–Trinajstić information content (AvgIpc) is 2.24. The Hall–Kier alpha value is -1.05. The van der Waals surface area contributed by atoms with Gasteiger partial charge in [-0.3, -0.25) is 4.79 Å². The molecule has 0 saturated carbocycles. The third-order valence-corrected chi connectivity index (χ3v) is 3.25. The SMILES string of the molecule is C=CC[C@H]1[C@@H](CC)CCC(=O)N1CC=C. The molecule has 0 bridgehead atoms. The second kappa shape index (κ2) is 5.74. The number of rotatable bonds is 5. The zero-order valence-corrected chi connectivity index (χ0v) is 9.61. The zero-order chi connectivity index (χ0) is 11.3. The van der Waals surface area contributed by atoms with Gasteiger partial charge in [-0.15, -0.1) is 13.2 Å². The number of carbonyl (C=O) groups excluding carboxylic acids is 1. The van der Waals surface area contributed by atoms with Crippen LogP contribution >= 0.6 is 0 Å². The van der Waals surface area contributed by atoms with Gasteiger partial charge in [-0.05, 0) is 18.8 Å². The lowest BCUT2D eigenvalue weighted by Crippen LogP contribution is -2.48. The van der Waals surface area contributed by atoms with E-state index in [1.165, 1.54) is 0 Å². The highest BCUT2D eigenvalue weighted by Gasteiger charge is 2.32. The van der Waals surface area contributed by atoms with Crippen molar-refractivity contribution in [3.8, 4) is 0 Å². The lowest BCUT2D eigenvalue weighted by atomic mass is 9.85. The normalized spacial score (nSPS) is 26.5. The van der Waals surface area contributed by atoms with Crippen molar-refractivity contribution in [1.82, 2.24) is 4.90 Å². The van der Waals surface area contributed by atoms with Crippen LogP contribution in [0.1, 0.15) is 32.6 Å². The lowest BCUT2D eigenvalue weighted by molar-refractivity contribution is -0.137. The van der Waals surface area contributed by atoms with Crippen LogP contribution in [-0.2, 0) is 4.79 Å². The summed E-state index contributed by atoms with van der Waals surface area (Å²) in [5, 5.41) is 0. The minimum Gasteiger partial charge on any atom is -0.335 e. The summed E-state index contributed by atoms with van der Waals surface area (Å²) in [6, 6.07) is 0.340. The Labute approximate surface area is 92.7 Å². The molecule has 0 aromatic carbocycles. The van der Waals surface area contributed by atoms with E-state index in [0.29, 0.717) is 24.9 Å². The van der Waals surface area contributed by atoms with Crippen LogP contribution < -0.4 is 0 Å². The minimum absolute atomic E-state index is 0.270. The molecular weight excluding hydrogens is 186 g/mol. The van der Waals surface area contributed by atoms with Crippen LogP contribution in [0.25, 0.3) is 0 Å². The van der Waals surface area contributed by atoms with Crippen LogP contribution in [0.2, 0.25) is 0 Å². The molecule has 0 aromatic heterocycles. The molecule has 0 aromatic rings. The molecule has 0 radical (unpaired) electrons. The number of hydrogen-bond donors (Lipinski definition) is 0. The predicted molar refractivity (Wildman–Crippen MR) is 63.5 cm³/mol. The first-order chi connectivity index (χ1) is 7.24. The fraction of sp³-hybridized carbons (Fsp3) is 0.615. The maximum atomic E-state index is 11.8. The molecule has 2 atom stereocenters. The Bertz CT molecular complexity index is 247. The number of carbonyl (C=O) groups is 1. The van der Waals surface area contributed by atoms with Gasteiger partial charge < -0.3 is 4.90 Å². The molecule has 1 fully saturated rings. The van der Waals surface area contributed by atoms with E-state index in [1.54, 1.807) is 0 Å².